The highest BCUT2D eigenvalue weighted by Crippen LogP contribution is 2.14. The monoisotopic (exact) mass is 372 g/mol. The van der Waals surface area contributed by atoms with Gasteiger partial charge in [-0.2, -0.15) is 0 Å². The van der Waals surface area contributed by atoms with Gasteiger partial charge in [0.2, 0.25) is 0 Å². The molecular weight excluding hydrogens is 352 g/mol. The van der Waals surface area contributed by atoms with Crippen molar-refractivity contribution in [2.75, 3.05) is 10.6 Å². The van der Waals surface area contributed by atoms with Crippen LogP contribution >= 0.6 is 0 Å². The summed E-state index contributed by atoms with van der Waals surface area (Å²) in [4.78, 5) is 36.0. The molecule has 3 aromatic rings. The normalized spacial score (nSPS) is 10.2. The first-order chi connectivity index (χ1) is 13.4. The van der Waals surface area contributed by atoms with Gasteiger partial charge in [0, 0.05) is 28.1 Å². The van der Waals surface area contributed by atoms with Gasteiger partial charge in [-0.15, -0.1) is 0 Å². The van der Waals surface area contributed by atoms with Gasteiger partial charge in [-0.3, -0.25) is 14.4 Å². The van der Waals surface area contributed by atoms with Crippen LogP contribution < -0.4 is 10.6 Å². The molecule has 0 aliphatic rings. The standard InChI is InChI=1S/C23H20N2O3/c1-15-3-11-20(12-4-15)24-22(27)18-5-7-19(8-6-18)23(28)25-21-13-9-17(10-14-21)16(2)26/h3-14H,1-2H3,(H,24,27)(H,25,28). The van der Waals surface area contributed by atoms with Crippen molar-refractivity contribution in [2.24, 2.45) is 0 Å². The Balaban J connectivity index is 1.64. The Morgan fingerprint density at radius 3 is 1.32 bits per heavy atom. The predicted molar refractivity (Wildman–Crippen MR) is 110 cm³/mol. The SMILES string of the molecule is CC(=O)c1ccc(NC(=O)c2ccc(C(=O)Nc3ccc(C)cc3)cc2)cc1. The van der Waals surface area contributed by atoms with Crippen LogP contribution in [0.5, 0.6) is 0 Å². The molecule has 28 heavy (non-hydrogen) atoms. The molecular formula is C23H20N2O3. The van der Waals surface area contributed by atoms with E-state index in [1.165, 1.54) is 6.92 Å². The van der Waals surface area contributed by atoms with E-state index in [1.54, 1.807) is 48.5 Å². The first-order valence-corrected chi connectivity index (χ1v) is 8.83. The van der Waals surface area contributed by atoms with E-state index < -0.39 is 0 Å². The second-order valence-electron chi connectivity index (χ2n) is 6.49. The summed E-state index contributed by atoms with van der Waals surface area (Å²) in [5.74, 6) is -0.561. The lowest BCUT2D eigenvalue weighted by Crippen LogP contribution is -2.14. The van der Waals surface area contributed by atoms with E-state index in [9.17, 15) is 14.4 Å². The molecule has 0 spiro atoms. The second kappa shape index (κ2) is 8.31. The highest BCUT2D eigenvalue weighted by atomic mass is 16.2. The van der Waals surface area contributed by atoms with Gasteiger partial charge in [0.05, 0.1) is 0 Å². The van der Waals surface area contributed by atoms with Crippen LogP contribution in [0.15, 0.2) is 72.8 Å². The maximum atomic E-state index is 12.4. The largest absolute Gasteiger partial charge is 0.322 e. The number of anilines is 2. The van der Waals surface area contributed by atoms with Crippen molar-refractivity contribution in [3.8, 4) is 0 Å². The molecule has 5 heteroatoms. The summed E-state index contributed by atoms with van der Waals surface area (Å²) in [6, 6.07) is 20.6. The zero-order valence-electron chi connectivity index (χ0n) is 15.7. The van der Waals surface area contributed by atoms with Gasteiger partial charge in [0.25, 0.3) is 11.8 Å². The molecule has 3 rings (SSSR count). The van der Waals surface area contributed by atoms with Crippen LogP contribution in [0.4, 0.5) is 11.4 Å². The van der Waals surface area contributed by atoms with E-state index in [1.807, 2.05) is 31.2 Å². The first kappa shape index (κ1) is 19.0. The van der Waals surface area contributed by atoms with Crippen molar-refractivity contribution >= 4 is 29.0 Å². The summed E-state index contributed by atoms with van der Waals surface area (Å²) in [6.45, 7) is 3.47. The third kappa shape index (κ3) is 4.71. The molecule has 0 bridgehead atoms. The van der Waals surface area contributed by atoms with Gasteiger partial charge in [0.1, 0.15) is 0 Å². The zero-order chi connectivity index (χ0) is 20.1. The van der Waals surface area contributed by atoms with Crippen molar-refractivity contribution in [3.05, 3.63) is 95.1 Å². The van der Waals surface area contributed by atoms with E-state index in [2.05, 4.69) is 10.6 Å². The summed E-state index contributed by atoms with van der Waals surface area (Å²) < 4.78 is 0. The molecule has 2 amide bonds. The maximum absolute atomic E-state index is 12.4. The number of benzene rings is 3. The van der Waals surface area contributed by atoms with Gasteiger partial charge < -0.3 is 10.6 Å². The fourth-order valence-electron chi connectivity index (χ4n) is 2.60. The Morgan fingerprint density at radius 2 is 0.929 bits per heavy atom. The molecule has 0 aromatic heterocycles. The molecule has 3 aromatic carbocycles. The number of carbonyl (C=O) groups excluding carboxylic acids is 3. The Morgan fingerprint density at radius 1 is 0.571 bits per heavy atom. The van der Waals surface area contributed by atoms with E-state index in [4.69, 9.17) is 0 Å². The van der Waals surface area contributed by atoms with Crippen molar-refractivity contribution in [2.45, 2.75) is 13.8 Å². The minimum Gasteiger partial charge on any atom is -0.322 e. The first-order valence-electron chi connectivity index (χ1n) is 8.83. The lowest BCUT2D eigenvalue weighted by molar-refractivity contribution is 0.101. The molecule has 5 nitrogen and oxygen atoms in total. The number of carbonyl (C=O) groups is 3. The van der Waals surface area contributed by atoms with E-state index in [0.29, 0.717) is 28.1 Å². The lowest BCUT2D eigenvalue weighted by atomic mass is 10.1. The van der Waals surface area contributed by atoms with Gasteiger partial charge >= 0.3 is 0 Å². The highest BCUT2D eigenvalue weighted by molar-refractivity contribution is 6.07. The van der Waals surface area contributed by atoms with Crippen molar-refractivity contribution in [1.29, 1.82) is 0 Å². The molecule has 2 N–H and O–H groups in total. The molecule has 0 aliphatic heterocycles. The average molecular weight is 372 g/mol. The van der Waals surface area contributed by atoms with Gasteiger partial charge in [-0.05, 0) is 74.5 Å². The zero-order valence-corrected chi connectivity index (χ0v) is 15.7. The second-order valence-corrected chi connectivity index (χ2v) is 6.49. The van der Waals surface area contributed by atoms with Crippen molar-refractivity contribution < 1.29 is 14.4 Å². The Hall–Kier alpha value is -3.73. The number of hydrogen-bond acceptors (Lipinski definition) is 3. The maximum Gasteiger partial charge on any atom is 0.255 e. The van der Waals surface area contributed by atoms with Crippen LogP contribution in [0.3, 0.4) is 0 Å². The quantitative estimate of drug-likeness (QED) is 0.637. The molecule has 0 unspecified atom stereocenters. The third-order valence-corrected chi connectivity index (χ3v) is 4.27. The summed E-state index contributed by atoms with van der Waals surface area (Å²) in [5, 5.41) is 5.59. The van der Waals surface area contributed by atoms with Gasteiger partial charge in [0.15, 0.2) is 5.78 Å². The smallest absolute Gasteiger partial charge is 0.255 e. The number of Topliss-reactive ketones (excluding diaryl/α,β-unsaturated/α-hetero) is 1. The lowest BCUT2D eigenvalue weighted by Gasteiger charge is -2.08. The number of aryl methyl sites for hydroxylation is 1. The number of hydrogen-bond donors (Lipinski definition) is 2. The Labute approximate surface area is 163 Å². The molecule has 0 aliphatic carbocycles. The number of nitrogens with one attached hydrogen (secondary N) is 2. The molecule has 0 fully saturated rings. The fraction of sp³-hybridized carbons (Fsp3) is 0.0870. The topological polar surface area (TPSA) is 75.3 Å². The van der Waals surface area contributed by atoms with E-state index in [0.717, 1.165) is 5.56 Å². The molecule has 0 saturated heterocycles. The highest BCUT2D eigenvalue weighted by Gasteiger charge is 2.10. The summed E-state index contributed by atoms with van der Waals surface area (Å²) >= 11 is 0. The number of ketones is 1. The average Bonchev–Trinajstić information content (AvgIpc) is 2.70. The minimum atomic E-state index is -0.291. The van der Waals surface area contributed by atoms with Crippen molar-refractivity contribution in [3.63, 3.8) is 0 Å². The molecule has 0 heterocycles. The molecule has 0 atom stereocenters. The predicted octanol–water partition coefficient (Wildman–Crippen LogP) is 4.70. The third-order valence-electron chi connectivity index (χ3n) is 4.27. The Bertz CT molecular complexity index is 1010. The minimum absolute atomic E-state index is 0.0302. The van der Waals surface area contributed by atoms with Crippen LogP contribution in [0.2, 0.25) is 0 Å². The number of amides is 2. The fourth-order valence-corrected chi connectivity index (χ4v) is 2.60. The van der Waals surface area contributed by atoms with Gasteiger partial charge in [-0.25, -0.2) is 0 Å². The number of rotatable bonds is 5. The Kier molecular flexibility index (Phi) is 5.65. The van der Waals surface area contributed by atoms with Crippen LogP contribution in [0.25, 0.3) is 0 Å². The van der Waals surface area contributed by atoms with Crippen LogP contribution in [0.1, 0.15) is 43.6 Å². The van der Waals surface area contributed by atoms with E-state index >= 15 is 0 Å². The van der Waals surface area contributed by atoms with Crippen LogP contribution in [0, 0.1) is 6.92 Å². The van der Waals surface area contributed by atoms with Crippen LogP contribution in [-0.4, -0.2) is 17.6 Å². The molecule has 140 valence electrons. The van der Waals surface area contributed by atoms with E-state index in [-0.39, 0.29) is 17.6 Å². The summed E-state index contributed by atoms with van der Waals surface area (Å²) in [5.41, 5.74) is 3.90. The van der Waals surface area contributed by atoms with Crippen molar-refractivity contribution in [1.82, 2.24) is 0 Å². The molecule has 0 radical (unpaired) electrons. The van der Waals surface area contributed by atoms with Crippen LogP contribution in [-0.2, 0) is 0 Å². The van der Waals surface area contributed by atoms with Gasteiger partial charge in [-0.1, -0.05) is 17.7 Å². The summed E-state index contributed by atoms with van der Waals surface area (Å²) in [6.07, 6.45) is 0. The molecule has 0 saturated carbocycles. The summed E-state index contributed by atoms with van der Waals surface area (Å²) in [7, 11) is 0.